The molecule has 0 aromatic heterocycles. The summed E-state index contributed by atoms with van der Waals surface area (Å²) in [4.78, 5) is 12.4. The molecule has 1 N–H and O–H groups in total. The molecule has 0 bridgehead atoms. The van der Waals surface area contributed by atoms with Gasteiger partial charge >= 0.3 is 29.6 Å². The first kappa shape index (κ1) is 24.9. The third-order valence-corrected chi connectivity index (χ3v) is 5.82. The number of hydrogen-bond acceptors (Lipinski definition) is 3. The van der Waals surface area contributed by atoms with Crippen LogP contribution in [-0.2, 0) is 12.8 Å². The molecule has 4 rings (SSSR count). The van der Waals surface area contributed by atoms with Crippen LogP contribution in [0, 0.1) is 6.92 Å². The molecule has 162 valence electrons. The molecule has 3 aromatic carbocycles. The zero-order valence-electron chi connectivity index (χ0n) is 19.2. The van der Waals surface area contributed by atoms with Gasteiger partial charge in [0.1, 0.15) is 17.2 Å². The molecule has 0 saturated heterocycles. The van der Waals surface area contributed by atoms with Crippen LogP contribution in [0.1, 0.15) is 34.9 Å². The fourth-order valence-electron chi connectivity index (χ4n) is 3.58. The Hall–Kier alpha value is -1.69. The molecule has 1 heterocycles. The van der Waals surface area contributed by atoms with Crippen LogP contribution in [0.3, 0.4) is 0 Å². The van der Waals surface area contributed by atoms with Crippen molar-refractivity contribution in [2.24, 2.45) is 0 Å². The van der Waals surface area contributed by atoms with E-state index < -0.39 is 0 Å². The van der Waals surface area contributed by atoms with Crippen LogP contribution in [0.2, 0.25) is 10.0 Å². The van der Waals surface area contributed by atoms with E-state index in [1.165, 1.54) is 5.56 Å². The number of nitrogens with one attached hydrogen (secondary N) is 1. The summed E-state index contributed by atoms with van der Waals surface area (Å²) in [7, 11) is 0. The SMILES string of the molecule is Cc1cc(Cl)ccc1CCNC(=O)c1ccc(Oc2cc3c(cc2Cl)CCCO3)cc1.[H-].[Na+]. The number of carbonyl (C=O) groups excluding carboxylic acids is 1. The van der Waals surface area contributed by atoms with Crippen LogP contribution >= 0.6 is 23.2 Å². The Labute approximate surface area is 222 Å². The minimum Gasteiger partial charge on any atom is -1.00 e. The Kier molecular flexibility index (Phi) is 8.92. The van der Waals surface area contributed by atoms with Crippen LogP contribution in [0.4, 0.5) is 0 Å². The van der Waals surface area contributed by atoms with Gasteiger partial charge in [0.15, 0.2) is 0 Å². The van der Waals surface area contributed by atoms with Crippen LogP contribution in [0.25, 0.3) is 0 Å². The van der Waals surface area contributed by atoms with E-state index in [0.29, 0.717) is 35.2 Å². The zero-order chi connectivity index (χ0) is 21.8. The molecule has 32 heavy (non-hydrogen) atoms. The molecule has 1 aliphatic rings. The molecular weight excluding hydrogens is 456 g/mol. The zero-order valence-corrected chi connectivity index (χ0v) is 21.7. The molecule has 0 atom stereocenters. The summed E-state index contributed by atoms with van der Waals surface area (Å²) in [5, 5.41) is 4.22. The maximum absolute atomic E-state index is 12.4. The number of aryl methyl sites for hydroxylation is 2. The topological polar surface area (TPSA) is 47.6 Å². The second-order valence-corrected chi connectivity index (χ2v) is 8.39. The summed E-state index contributed by atoms with van der Waals surface area (Å²) in [6.45, 7) is 3.27. The van der Waals surface area contributed by atoms with Crippen molar-refractivity contribution in [3.63, 3.8) is 0 Å². The molecule has 7 heteroatoms. The summed E-state index contributed by atoms with van der Waals surface area (Å²) in [5.74, 6) is 1.83. The van der Waals surface area contributed by atoms with Gasteiger partial charge in [0.25, 0.3) is 5.91 Å². The second kappa shape index (κ2) is 11.4. The molecule has 0 spiro atoms. The predicted octanol–water partition coefficient (Wildman–Crippen LogP) is 3.51. The Morgan fingerprint density at radius 1 is 1.12 bits per heavy atom. The van der Waals surface area contributed by atoms with E-state index in [1.54, 1.807) is 24.3 Å². The standard InChI is InChI=1S/C25H23Cl2NO3.Na.H/c1-16-13-20(26)7-4-17(16)10-11-28-25(29)18-5-8-21(9-6-18)31-24-15-23-19(14-22(24)27)3-2-12-30-23;;/h4-9,13-15H,2-3,10-12H2,1H3,(H,28,29);;/q;+1;-1. The van der Waals surface area contributed by atoms with E-state index in [-0.39, 0.29) is 36.9 Å². The third-order valence-electron chi connectivity index (χ3n) is 5.29. The van der Waals surface area contributed by atoms with E-state index in [1.807, 2.05) is 37.3 Å². The number of benzene rings is 3. The second-order valence-electron chi connectivity index (χ2n) is 7.55. The van der Waals surface area contributed by atoms with Crippen molar-refractivity contribution in [2.75, 3.05) is 13.2 Å². The Bertz CT molecular complexity index is 1110. The fourth-order valence-corrected chi connectivity index (χ4v) is 4.03. The molecule has 0 unspecified atom stereocenters. The van der Waals surface area contributed by atoms with Crippen molar-refractivity contribution in [3.05, 3.63) is 86.9 Å². The Morgan fingerprint density at radius 2 is 1.91 bits per heavy atom. The average molecular weight is 480 g/mol. The number of rotatable bonds is 6. The smallest absolute Gasteiger partial charge is 1.00 e. The minimum atomic E-state index is -0.127. The van der Waals surface area contributed by atoms with Crippen molar-refractivity contribution >= 4 is 29.1 Å². The minimum absolute atomic E-state index is 0. The van der Waals surface area contributed by atoms with Gasteiger partial charge in [0, 0.05) is 23.2 Å². The number of amides is 1. The summed E-state index contributed by atoms with van der Waals surface area (Å²) in [6.07, 6.45) is 2.69. The molecule has 0 aliphatic carbocycles. The summed E-state index contributed by atoms with van der Waals surface area (Å²) < 4.78 is 11.6. The van der Waals surface area contributed by atoms with Gasteiger partial charge in [0.2, 0.25) is 0 Å². The van der Waals surface area contributed by atoms with Gasteiger partial charge in [-0.1, -0.05) is 29.3 Å². The van der Waals surface area contributed by atoms with Gasteiger partial charge in [-0.15, -0.1) is 0 Å². The first-order valence-corrected chi connectivity index (χ1v) is 11.0. The fraction of sp³-hybridized carbons (Fsp3) is 0.240. The maximum atomic E-state index is 12.4. The number of hydrogen-bond donors (Lipinski definition) is 1. The number of fused-ring (bicyclic) bond motifs is 1. The number of halogens is 2. The molecule has 1 amide bonds. The quantitative estimate of drug-likeness (QED) is 0.550. The monoisotopic (exact) mass is 479 g/mol. The van der Waals surface area contributed by atoms with E-state index in [4.69, 9.17) is 32.7 Å². The molecule has 1 aliphatic heterocycles. The third kappa shape index (κ3) is 6.21. The molecule has 0 radical (unpaired) electrons. The number of carbonyl (C=O) groups is 1. The van der Waals surface area contributed by atoms with Crippen LogP contribution in [-0.4, -0.2) is 19.1 Å². The summed E-state index contributed by atoms with van der Waals surface area (Å²) in [5.41, 5.74) is 3.96. The largest absolute Gasteiger partial charge is 1.00 e. The van der Waals surface area contributed by atoms with Crippen molar-refractivity contribution in [2.45, 2.75) is 26.2 Å². The summed E-state index contributed by atoms with van der Waals surface area (Å²) >= 11 is 12.4. The van der Waals surface area contributed by atoms with Gasteiger partial charge in [-0.3, -0.25) is 4.79 Å². The molecule has 4 nitrogen and oxygen atoms in total. The van der Waals surface area contributed by atoms with E-state index in [2.05, 4.69) is 5.32 Å². The van der Waals surface area contributed by atoms with Crippen molar-refractivity contribution < 1.29 is 45.3 Å². The van der Waals surface area contributed by atoms with Crippen molar-refractivity contribution in [1.29, 1.82) is 0 Å². The Balaban J connectivity index is 0.00000193. The van der Waals surface area contributed by atoms with E-state index in [0.717, 1.165) is 41.2 Å². The molecular formula is C25H24Cl2NNaO3. The van der Waals surface area contributed by atoms with Gasteiger partial charge < -0.3 is 16.2 Å². The maximum Gasteiger partial charge on any atom is 1.00 e. The number of ether oxygens (including phenoxy) is 2. The van der Waals surface area contributed by atoms with Gasteiger partial charge in [-0.2, -0.15) is 0 Å². The van der Waals surface area contributed by atoms with Crippen molar-refractivity contribution in [3.8, 4) is 17.2 Å². The first-order chi connectivity index (χ1) is 15.0. The van der Waals surface area contributed by atoms with E-state index >= 15 is 0 Å². The molecule has 0 fully saturated rings. The van der Waals surface area contributed by atoms with Gasteiger partial charge in [-0.05, 0) is 85.3 Å². The molecule has 3 aromatic rings. The van der Waals surface area contributed by atoms with Gasteiger partial charge in [-0.25, -0.2) is 0 Å². The predicted molar refractivity (Wildman–Crippen MR) is 125 cm³/mol. The normalized spacial score (nSPS) is 12.2. The van der Waals surface area contributed by atoms with Crippen LogP contribution < -0.4 is 44.3 Å². The Morgan fingerprint density at radius 3 is 2.66 bits per heavy atom. The first-order valence-electron chi connectivity index (χ1n) is 10.3. The molecule has 0 saturated carbocycles. The van der Waals surface area contributed by atoms with E-state index in [9.17, 15) is 4.79 Å². The summed E-state index contributed by atoms with van der Waals surface area (Å²) in [6, 6.07) is 16.5. The van der Waals surface area contributed by atoms with Crippen LogP contribution in [0.5, 0.6) is 17.2 Å². The van der Waals surface area contributed by atoms with Crippen LogP contribution in [0.15, 0.2) is 54.6 Å². The average Bonchev–Trinajstić information content (AvgIpc) is 2.76. The van der Waals surface area contributed by atoms with Gasteiger partial charge in [0.05, 0.1) is 11.6 Å². The van der Waals surface area contributed by atoms with Crippen molar-refractivity contribution in [1.82, 2.24) is 5.32 Å².